The van der Waals surface area contributed by atoms with Crippen molar-refractivity contribution < 1.29 is 4.74 Å². The lowest BCUT2D eigenvalue weighted by atomic mass is 9.95. The summed E-state index contributed by atoms with van der Waals surface area (Å²) in [6.07, 6.45) is 4.00. The second-order valence-electron chi connectivity index (χ2n) is 7.62. The molecule has 0 aromatic carbocycles. The molecule has 3 rings (SSSR count). The largest absolute Gasteiger partial charge is 0.373 e. The lowest BCUT2D eigenvalue weighted by Gasteiger charge is -2.40. The van der Waals surface area contributed by atoms with Crippen LogP contribution >= 0.6 is 11.6 Å². The molecule has 0 spiro atoms. The maximum absolute atomic E-state index is 6.34. The fourth-order valence-electron chi connectivity index (χ4n) is 4.24. The van der Waals surface area contributed by atoms with E-state index in [1.165, 1.54) is 19.4 Å². The molecule has 25 heavy (non-hydrogen) atoms. The van der Waals surface area contributed by atoms with Crippen LogP contribution in [-0.2, 0) is 11.2 Å². The van der Waals surface area contributed by atoms with Gasteiger partial charge in [0.2, 0.25) is 0 Å². The molecular formula is C19H31ClN4O. The minimum atomic E-state index is 0.349. The molecule has 0 saturated carbocycles. The third kappa shape index (κ3) is 4.63. The number of hydrogen-bond acceptors (Lipinski definition) is 5. The summed E-state index contributed by atoms with van der Waals surface area (Å²) in [6, 6.07) is 0. The zero-order chi connectivity index (χ0) is 18.0. The number of nitrogens with zero attached hydrogens (tertiary/aromatic N) is 4. The number of piperidine rings is 1. The molecule has 2 saturated heterocycles. The highest BCUT2D eigenvalue weighted by Crippen LogP contribution is 2.29. The third-order valence-electron chi connectivity index (χ3n) is 5.33. The van der Waals surface area contributed by atoms with Crippen molar-refractivity contribution in [2.75, 3.05) is 37.6 Å². The standard InChI is InChI=1S/C19H31ClN4O/c1-5-17-18(20)21-15(4)22-19(17)24-8-6-16(7-9-24)12-23-10-13(2)25-14(3)11-23/h13-14,16H,5-12H2,1-4H3. The van der Waals surface area contributed by atoms with Gasteiger partial charge < -0.3 is 9.64 Å². The molecule has 0 N–H and O–H groups in total. The summed E-state index contributed by atoms with van der Waals surface area (Å²) in [7, 11) is 0. The number of hydrogen-bond donors (Lipinski definition) is 0. The Labute approximate surface area is 156 Å². The highest BCUT2D eigenvalue weighted by molar-refractivity contribution is 6.30. The second-order valence-corrected chi connectivity index (χ2v) is 7.98. The first-order valence-electron chi connectivity index (χ1n) is 9.62. The molecule has 5 nitrogen and oxygen atoms in total. The summed E-state index contributed by atoms with van der Waals surface area (Å²) in [5.41, 5.74) is 1.08. The van der Waals surface area contributed by atoms with Gasteiger partial charge in [-0.2, -0.15) is 0 Å². The van der Waals surface area contributed by atoms with Crippen molar-refractivity contribution in [3.63, 3.8) is 0 Å². The van der Waals surface area contributed by atoms with E-state index < -0.39 is 0 Å². The highest BCUT2D eigenvalue weighted by Gasteiger charge is 2.28. The summed E-state index contributed by atoms with van der Waals surface area (Å²) in [4.78, 5) is 14.0. The number of ether oxygens (including phenoxy) is 1. The van der Waals surface area contributed by atoms with Crippen LogP contribution < -0.4 is 4.90 Å². The maximum Gasteiger partial charge on any atom is 0.138 e. The van der Waals surface area contributed by atoms with Crippen LogP contribution in [0.5, 0.6) is 0 Å². The van der Waals surface area contributed by atoms with Gasteiger partial charge in [-0.05, 0) is 46.0 Å². The molecule has 2 aliphatic rings. The van der Waals surface area contributed by atoms with E-state index in [4.69, 9.17) is 21.3 Å². The number of aromatic nitrogens is 2. The van der Waals surface area contributed by atoms with Crippen LogP contribution in [0.4, 0.5) is 5.82 Å². The SMILES string of the molecule is CCc1c(Cl)nc(C)nc1N1CCC(CN2CC(C)OC(C)C2)CC1. The molecule has 0 amide bonds. The van der Waals surface area contributed by atoms with Crippen LogP contribution in [0.2, 0.25) is 5.15 Å². The van der Waals surface area contributed by atoms with Crippen molar-refractivity contribution in [2.45, 2.75) is 59.2 Å². The van der Waals surface area contributed by atoms with Crippen LogP contribution in [-0.4, -0.2) is 59.8 Å². The summed E-state index contributed by atoms with van der Waals surface area (Å²) < 4.78 is 5.85. The molecule has 0 bridgehead atoms. The Morgan fingerprint density at radius 3 is 2.36 bits per heavy atom. The van der Waals surface area contributed by atoms with E-state index in [-0.39, 0.29) is 0 Å². The topological polar surface area (TPSA) is 41.5 Å². The van der Waals surface area contributed by atoms with Crippen LogP contribution in [0.3, 0.4) is 0 Å². The summed E-state index contributed by atoms with van der Waals surface area (Å²) in [6.45, 7) is 13.8. The number of morpholine rings is 1. The molecule has 1 aromatic rings. The average Bonchev–Trinajstić information content (AvgIpc) is 2.54. The first-order valence-corrected chi connectivity index (χ1v) is 9.99. The average molecular weight is 367 g/mol. The third-order valence-corrected chi connectivity index (χ3v) is 5.64. The number of halogens is 1. The Morgan fingerprint density at radius 2 is 1.76 bits per heavy atom. The van der Waals surface area contributed by atoms with Crippen molar-refractivity contribution in [1.29, 1.82) is 0 Å². The van der Waals surface area contributed by atoms with E-state index in [0.29, 0.717) is 17.4 Å². The van der Waals surface area contributed by atoms with Gasteiger partial charge in [0, 0.05) is 38.3 Å². The lowest BCUT2D eigenvalue weighted by molar-refractivity contribution is -0.0720. The second kappa shape index (κ2) is 8.19. The van der Waals surface area contributed by atoms with Gasteiger partial charge >= 0.3 is 0 Å². The van der Waals surface area contributed by atoms with Crippen LogP contribution in [0.1, 0.15) is 45.0 Å². The Morgan fingerprint density at radius 1 is 1.12 bits per heavy atom. The highest BCUT2D eigenvalue weighted by atomic mass is 35.5. The van der Waals surface area contributed by atoms with Gasteiger partial charge in [0.25, 0.3) is 0 Å². The molecule has 1 aromatic heterocycles. The number of rotatable bonds is 4. The first kappa shape index (κ1) is 18.9. The minimum absolute atomic E-state index is 0.349. The zero-order valence-electron chi connectivity index (χ0n) is 16.0. The van der Waals surface area contributed by atoms with Gasteiger partial charge in [-0.1, -0.05) is 18.5 Å². The maximum atomic E-state index is 6.34. The Hall–Kier alpha value is -0.910. The van der Waals surface area contributed by atoms with E-state index in [2.05, 4.69) is 35.6 Å². The lowest BCUT2D eigenvalue weighted by Crippen LogP contribution is -2.48. The van der Waals surface area contributed by atoms with Gasteiger partial charge in [-0.3, -0.25) is 4.90 Å². The predicted octanol–water partition coefficient (Wildman–Crippen LogP) is 3.33. The molecule has 3 heterocycles. The molecule has 0 aliphatic carbocycles. The summed E-state index contributed by atoms with van der Waals surface area (Å²) in [5, 5.41) is 0.614. The Balaban J connectivity index is 1.59. The van der Waals surface area contributed by atoms with Crippen molar-refractivity contribution in [3.05, 3.63) is 16.5 Å². The Kier molecular flexibility index (Phi) is 6.18. The van der Waals surface area contributed by atoms with Crippen LogP contribution in [0.15, 0.2) is 0 Å². The molecule has 2 fully saturated rings. The van der Waals surface area contributed by atoms with E-state index in [0.717, 1.165) is 55.7 Å². The molecule has 2 atom stereocenters. The van der Waals surface area contributed by atoms with E-state index in [1.54, 1.807) is 0 Å². The van der Waals surface area contributed by atoms with Crippen LogP contribution in [0, 0.1) is 12.8 Å². The molecule has 140 valence electrons. The van der Waals surface area contributed by atoms with Crippen molar-refractivity contribution >= 4 is 17.4 Å². The molecular weight excluding hydrogens is 336 g/mol. The van der Waals surface area contributed by atoms with E-state index >= 15 is 0 Å². The van der Waals surface area contributed by atoms with Crippen LogP contribution in [0.25, 0.3) is 0 Å². The van der Waals surface area contributed by atoms with Crippen molar-refractivity contribution in [3.8, 4) is 0 Å². The number of anilines is 1. The first-order chi connectivity index (χ1) is 12.0. The smallest absolute Gasteiger partial charge is 0.138 e. The predicted molar refractivity (Wildman–Crippen MR) is 103 cm³/mol. The molecule has 2 unspecified atom stereocenters. The summed E-state index contributed by atoms with van der Waals surface area (Å²) in [5.74, 6) is 2.57. The van der Waals surface area contributed by atoms with Gasteiger partial charge in [0.15, 0.2) is 0 Å². The monoisotopic (exact) mass is 366 g/mol. The van der Waals surface area contributed by atoms with Crippen molar-refractivity contribution in [2.24, 2.45) is 5.92 Å². The van der Waals surface area contributed by atoms with Gasteiger partial charge in [0.05, 0.1) is 12.2 Å². The fraction of sp³-hybridized carbons (Fsp3) is 0.789. The van der Waals surface area contributed by atoms with Gasteiger partial charge in [-0.15, -0.1) is 0 Å². The van der Waals surface area contributed by atoms with E-state index in [9.17, 15) is 0 Å². The normalized spacial score (nSPS) is 26.2. The quantitative estimate of drug-likeness (QED) is 0.764. The summed E-state index contributed by atoms with van der Waals surface area (Å²) >= 11 is 6.34. The fourth-order valence-corrected chi connectivity index (χ4v) is 4.58. The minimum Gasteiger partial charge on any atom is -0.373 e. The van der Waals surface area contributed by atoms with Gasteiger partial charge in [-0.25, -0.2) is 9.97 Å². The van der Waals surface area contributed by atoms with E-state index in [1.807, 2.05) is 6.92 Å². The zero-order valence-corrected chi connectivity index (χ0v) is 16.7. The molecule has 0 radical (unpaired) electrons. The van der Waals surface area contributed by atoms with Crippen molar-refractivity contribution in [1.82, 2.24) is 14.9 Å². The number of aryl methyl sites for hydroxylation is 1. The molecule has 2 aliphatic heterocycles. The molecule has 6 heteroatoms. The van der Waals surface area contributed by atoms with Gasteiger partial charge in [0.1, 0.15) is 16.8 Å². The Bertz CT molecular complexity index is 579.